The van der Waals surface area contributed by atoms with Crippen LogP contribution in [-0.2, 0) is 0 Å². The van der Waals surface area contributed by atoms with E-state index >= 15 is 0 Å². The van der Waals surface area contributed by atoms with Crippen LogP contribution >= 0.6 is 23.6 Å². The molecule has 0 unspecified atom stereocenters. The van der Waals surface area contributed by atoms with Crippen LogP contribution in [0, 0.1) is 4.77 Å². The predicted molar refractivity (Wildman–Crippen MR) is 93.3 cm³/mol. The third-order valence-corrected chi connectivity index (χ3v) is 4.27. The van der Waals surface area contributed by atoms with Gasteiger partial charge in [-0.25, -0.2) is 5.10 Å². The first-order valence-electron chi connectivity index (χ1n) is 6.70. The molecular weight excluding hydrogens is 332 g/mol. The summed E-state index contributed by atoms with van der Waals surface area (Å²) in [4.78, 5) is 0.979. The summed E-state index contributed by atoms with van der Waals surface area (Å²) in [6.07, 6.45) is 1.67. The van der Waals surface area contributed by atoms with Crippen LogP contribution in [0.25, 0.3) is 10.7 Å². The normalized spacial score (nSPS) is 11.0. The van der Waals surface area contributed by atoms with Gasteiger partial charge in [-0.1, -0.05) is 6.07 Å². The molecule has 0 saturated carbocycles. The number of hydrogen-bond donors (Lipinski definition) is 1. The molecule has 0 bridgehead atoms. The predicted octanol–water partition coefficient (Wildman–Crippen LogP) is 3.57. The molecule has 0 spiro atoms. The summed E-state index contributed by atoms with van der Waals surface area (Å²) in [5, 5.41) is 13.4. The van der Waals surface area contributed by atoms with Crippen LogP contribution in [0.3, 0.4) is 0 Å². The Labute approximate surface area is 142 Å². The number of benzene rings is 1. The quantitative estimate of drug-likeness (QED) is 0.567. The third-order valence-electron chi connectivity index (χ3n) is 3.14. The summed E-state index contributed by atoms with van der Waals surface area (Å²) in [6.45, 7) is 0. The van der Waals surface area contributed by atoms with E-state index in [9.17, 15) is 0 Å². The average molecular weight is 346 g/mol. The summed E-state index contributed by atoms with van der Waals surface area (Å²) >= 11 is 6.82. The average Bonchev–Trinajstić information content (AvgIpc) is 3.22. The number of nitrogens with one attached hydrogen (secondary N) is 1. The molecule has 2 aromatic heterocycles. The molecular formula is C15H14N4O2S2. The van der Waals surface area contributed by atoms with Crippen LogP contribution in [0.2, 0.25) is 0 Å². The van der Waals surface area contributed by atoms with E-state index in [1.807, 2.05) is 35.7 Å². The first-order valence-corrected chi connectivity index (χ1v) is 7.99. The van der Waals surface area contributed by atoms with E-state index in [0.717, 1.165) is 16.2 Å². The van der Waals surface area contributed by atoms with Gasteiger partial charge in [0.25, 0.3) is 0 Å². The van der Waals surface area contributed by atoms with E-state index in [1.54, 1.807) is 36.4 Å². The highest BCUT2D eigenvalue weighted by Crippen LogP contribution is 2.24. The van der Waals surface area contributed by atoms with Gasteiger partial charge in [-0.2, -0.15) is 14.9 Å². The molecule has 3 rings (SSSR count). The minimum Gasteiger partial charge on any atom is -0.497 e. The lowest BCUT2D eigenvalue weighted by Gasteiger charge is -2.06. The molecule has 1 N–H and O–H groups in total. The maximum Gasteiger partial charge on any atom is 0.216 e. The lowest BCUT2D eigenvalue weighted by Crippen LogP contribution is -1.96. The molecule has 118 valence electrons. The molecule has 0 fully saturated rings. The summed E-state index contributed by atoms with van der Waals surface area (Å²) in [6, 6.07) is 9.42. The molecule has 0 radical (unpaired) electrons. The van der Waals surface area contributed by atoms with Gasteiger partial charge in [-0.05, 0) is 41.9 Å². The van der Waals surface area contributed by atoms with Crippen LogP contribution in [0.1, 0.15) is 5.56 Å². The number of H-pyrrole nitrogens is 1. The Kier molecular flexibility index (Phi) is 4.54. The molecule has 23 heavy (non-hydrogen) atoms. The van der Waals surface area contributed by atoms with E-state index < -0.39 is 0 Å². The largest absolute Gasteiger partial charge is 0.497 e. The van der Waals surface area contributed by atoms with Crippen molar-refractivity contribution in [3.63, 3.8) is 0 Å². The number of hydrogen-bond acceptors (Lipinski definition) is 6. The fraction of sp³-hybridized carbons (Fsp3) is 0.133. The Balaban J connectivity index is 2.01. The van der Waals surface area contributed by atoms with Crippen molar-refractivity contribution in [2.75, 3.05) is 14.2 Å². The summed E-state index contributed by atoms with van der Waals surface area (Å²) in [7, 11) is 3.23. The Morgan fingerprint density at radius 2 is 2.17 bits per heavy atom. The molecule has 0 saturated heterocycles. The molecule has 0 atom stereocenters. The lowest BCUT2D eigenvalue weighted by molar-refractivity contribution is 0.402. The second-order valence-electron chi connectivity index (χ2n) is 4.49. The van der Waals surface area contributed by atoms with Crippen LogP contribution in [0.4, 0.5) is 0 Å². The fourth-order valence-corrected chi connectivity index (χ4v) is 2.90. The van der Waals surface area contributed by atoms with Crippen molar-refractivity contribution in [1.82, 2.24) is 14.9 Å². The minimum atomic E-state index is 0.423. The summed E-state index contributed by atoms with van der Waals surface area (Å²) < 4.78 is 12.6. The highest BCUT2D eigenvalue weighted by molar-refractivity contribution is 7.71. The van der Waals surface area contributed by atoms with Crippen LogP contribution in [0.5, 0.6) is 11.5 Å². The first kappa shape index (κ1) is 15.4. The molecule has 0 aliphatic rings. The number of methoxy groups -OCH3 is 2. The number of thiophene rings is 1. The second kappa shape index (κ2) is 6.76. The fourth-order valence-electron chi connectivity index (χ4n) is 2.02. The van der Waals surface area contributed by atoms with Gasteiger partial charge in [-0.15, -0.1) is 11.3 Å². The van der Waals surface area contributed by atoms with E-state index in [4.69, 9.17) is 21.7 Å². The number of nitrogens with zero attached hydrogens (tertiary/aromatic N) is 3. The smallest absolute Gasteiger partial charge is 0.216 e. The van der Waals surface area contributed by atoms with Gasteiger partial charge in [0.2, 0.25) is 4.77 Å². The zero-order valence-corrected chi connectivity index (χ0v) is 14.1. The van der Waals surface area contributed by atoms with E-state index in [1.165, 1.54) is 0 Å². The van der Waals surface area contributed by atoms with Crippen molar-refractivity contribution in [1.29, 1.82) is 0 Å². The number of rotatable bonds is 5. The van der Waals surface area contributed by atoms with Gasteiger partial charge in [0.1, 0.15) is 11.5 Å². The first-order chi connectivity index (χ1) is 11.2. The van der Waals surface area contributed by atoms with Gasteiger partial charge in [0.15, 0.2) is 5.82 Å². The Bertz CT molecular complexity index is 881. The highest BCUT2D eigenvalue weighted by atomic mass is 32.1. The van der Waals surface area contributed by atoms with Crippen LogP contribution in [0.15, 0.2) is 40.8 Å². The van der Waals surface area contributed by atoms with E-state index in [-0.39, 0.29) is 0 Å². The number of ether oxygens (including phenoxy) is 2. The summed E-state index contributed by atoms with van der Waals surface area (Å²) in [5.41, 5.74) is 0.784. The third kappa shape index (κ3) is 3.17. The van der Waals surface area contributed by atoms with Crippen molar-refractivity contribution in [3.05, 3.63) is 46.0 Å². The van der Waals surface area contributed by atoms with Crippen molar-refractivity contribution in [3.8, 4) is 22.2 Å². The molecule has 3 aromatic rings. The van der Waals surface area contributed by atoms with Gasteiger partial charge in [0.05, 0.1) is 25.3 Å². The number of aromatic amines is 1. The number of aromatic nitrogens is 3. The maximum atomic E-state index is 5.34. The second-order valence-corrected chi connectivity index (χ2v) is 5.83. The minimum absolute atomic E-state index is 0.423. The Hall–Kier alpha value is -2.45. The van der Waals surface area contributed by atoms with Crippen molar-refractivity contribution < 1.29 is 9.47 Å². The maximum absolute atomic E-state index is 5.34. The standard InChI is InChI=1S/C15H14N4O2S2/c1-20-11-5-6-12(21-2)10(8-11)9-16-19-14(17-18-15(19)22)13-4-3-7-23-13/h3-9H,1-2H3,(H,18,22)/b16-9-. The van der Waals surface area contributed by atoms with Gasteiger partial charge < -0.3 is 9.47 Å². The van der Waals surface area contributed by atoms with E-state index in [2.05, 4.69) is 15.3 Å². The monoisotopic (exact) mass is 346 g/mol. The lowest BCUT2D eigenvalue weighted by atomic mass is 10.2. The van der Waals surface area contributed by atoms with Crippen LogP contribution < -0.4 is 9.47 Å². The highest BCUT2D eigenvalue weighted by Gasteiger charge is 2.09. The molecule has 0 aliphatic heterocycles. The van der Waals surface area contributed by atoms with Crippen LogP contribution in [-0.4, -0.2) is 35.3 Å². The molecule has 8 heteroatoms. The Morgan fingerprint density at radius 1 is 1.30 bits per heavy atom. The molecule has 2 heterocycles. The summed E-state index contributed by atoms with van der Waals surface area (Å²) in [5.74, 6) is 2.09. The van der Waals surface area contributed by atoms with E-state index in [0.29, 0.717) is 16.3 Å². The van der Waals surface area contributed by atoms with Gasteiger partial charge >= 0.3 is 0 Å². The van der Waals surface area contributed by atoms with Crippen molar-refractivity contribution in [2.24, 2.45) is 5.10 Å². The Morgan fingerprint density at radius 3 is 2.87 bits per heavy atom. The zero-order valence-electron chi connectivity index (χ0n) is 12.5. The van der Waals surface area contributed by atoms with Crippen molar-refractivity contribution in [2.45, 2.75) is 0 Å². The topological polar surface area (TPSA) is 64.4 Å². The zero-order chi connectivity index (χ0) is 16.2. The SMILES string of the molecule is COc1ccc(OC)c(/C=N\n2c(-c3cccs3)n[nH]c2=S)c1. The molecule has 6 nitrogen and oxygen atoms in total. The molecule has 1 aromatic carbocycles. The van der Waals surface area contributed by atoms with Crippen molar-refractivity contribution >= 4 is 29.8 Å². The molecule has 0 amide bonds. The molecule has 0 aliphatic carbocycles. The van der Waals surface area contributed by atoms with Gasteiger partial charge in [0, 0.05) is 5.56 Å². The van der Waals surface area contributed by atoms with Gasteiger partial charge in [-0.3, -0.25) is 0 Å².